The van der Waals surface area contributed by atoms with Gasteiger partial charge in [-0.3, -0.25) is 4.99 Å². The van der Waals surface area contributed by atoms with Gasteiger partial charge in [-0.15, -0.1) is 0 Å². The van der Waals surface area contributed by atoms with Gasteiger partial charge >= 0.3 is 0 Å². The minimum atomic E-state index is -0.209. The maximum atomic E-state index is 5.79. The second-order valence-corrected chi connectivity index (χ2v) is 5.62. The molecule has 0 aliphatic carbocycles. The maximum absolute atomic E-state index is 5.79. The van der Waals surface area contributed by atoms with Gasteiger partial charge in [0, 0.05) is 18.9 Å². The molecule has 25 heavy (non-hydrogen) atoms. The topological polar surface area (TPSA) is 30.8 Å². The van der Waals surface area contributed by atoms with E-state index >= 15 is 0 Å². The number of hydrogen-bond acceptors (Lipinski definition) is 3. The molecule has 0 bridgehead atoms. The molecule has 3 nitrogen and oxygen atoms in total. The van der Waals surface area contributed by atoms with Gasteiger partial charge in [-0.1, -0.05) is 60.7 Å². The van der Waals surface area contributed by atoms with Gasteiger partial charge in [0.2, 0.25) is 0 Å². The SMILES string of the molecule is COc1ccc(N=Cc2ccccc2)c(C(OC)c2ccccc2)c1. The molecule has 0 radical (unpaired) electrons. The highest BCUT2D eigenvalue weighted by molar-refractivity contribution is 5.82. The second kappa shape index (κ2) is 8.27. The molecule has 126 valence electrons. The van der Waals surface area contributed by atoms with Gasteiger partial charge in [0.05, 0.1) is 12.8 Å². The minimum absolute atomic E-state index is 0.209. The van der Waals surface area contributed by atoms with E-state index in [0.29, 0.717) is 0 Å². The predicted octanol–water partition coefficient (Wildman–Crippen LogP) is 5.18. The molecule has 3 aromatic carbocycles. The van der Waals surface area contributed by atoms with Crippen LogP contribution in [0.2, 0.25) is 0 Å². The normalized spacial score (nSPS) is 12.2. The Morgan fingerprint density at radius 3 is 2.16 bits per heavy atom. The Labute approximate surface area is 148 Å². The van der Waals surface area contributed by atoms with E-state index in [4.69, 9.17) is 9.47 Å². The van der Waals surface area contributed by atoms with Crippen molar-refractivity contribution in [1.82, 2.24) is 0 Å². The van der Waals surface area contributed by atoms with Crippen molar-refractivity contribution in [3.8, 4) is 5.75 Å². The van der Waals surface area contributed by atoms with Crippen molar-refractivity contribution in [3.05, 3.63) is 95.6 Å². The van der Waals surface area contributed by atoms with Gasteiger partial charge in [-0.05, 0) is 29.3 Å². The summed E-state index contributed by atoms with van der Waals surface area (Å²) in [5.41, 5.74) is 3.97. The van der Waals surface area contributed by atoms with Crippen molar-refractivity contribution in [3.63, 3.8) is 0 Å². The van der Waals surface area contributed by atoms with Crippen molar-refractivity contribution in [2.45, 2.75) is 6.10 Å². The van der Waals surface area contributed by atoms with Gasteiger partial charge < -0.3 is 9.47 Å². The summed E-state index contributed by atoms with van der Waals surface area (Å²) in [4.78, 5) is 4.69. The third-order valence-electron chi connectivity index (χ3n) is 4.01. The van der Waals surface area contributed by atoms with Crippen LogP contribution in [0.4, 0.5) is 5.69 Å². The lowest BCUT2D eigenvalue weighted by Gasteiger charge is -2.19. The molecule has 0 aliphatic heterocycles. The molecule has 3 rings (SSSR count). The molecule has 3 heteroatoms. The molecule has 0 aromatic heterocycles. The van der Waals surface area contributed by atoms with Crippen molar-refractivity contribution < 1.29 is 9.47 Å². The molecule has 0 N–H and O–H groups in total. The fraction of sp³-hybridized carbons (Fsp3) is 0.136. The second-order valence-electron chi connectivity index (χ2n) is 5.62. The van der Waals surface area contributed by atoms with Gasteiger partial charge in [0.1, 0.15) is 11.9 Å². The van der Waals surface area contributed by atoms with Crippen LogP contribution in [0.15, 0.2) is 83.9 Å². The molecule has 0 fully saturated rings. The molecule has 3 aromatic rings. The maximum Gasteiger partial charge on any atom is 0.119 e. The first-order valence-electron chi connectivity index (χ1n) is 8.16. The van der Waals surface area contributed by atoms with Crippen LogP contribution in [-0.4, -0.2) is 20.4 Å². The Balaban J connectivity index is 2.02. The summed E-state index contributed by atoms with van der Waals surface area (Å²) in [5.74, 6) is 0.784. The summed E-state index contributed by atoms with van der Waals surface area (Å²) < 4.78 is 11.2. The van der Waals surface area contributed by atoms with Crippen LogP contribution in [-0.2, 0) is 4.74 Å². The molecular weight excluding hydrogens is 310 g/mol. The Bertz CT molecular complexity index is 829. The van der Waals surface area contributed by atoms with Crippen molar-refractivity contribution >= 4 is 11.9 Å². The summed E-state index contributed by atoms with van der Waals surface area (Å²) in [6, 6.07) is 26.0. The standard InChI is InChI=1S/C22H21NO2/c1-24-19-13-14-21(23-16-17-9-5-3-6-10-17)20(15-19)22(25-2)18-11-7-4-8-12-18/h3-16,22H,1-2H3. The molecule has 0 aliphatic rings. The first-order valence-corrected chi connectivity index (χ1v) is 8.16. The van der Waals surface area contributed by atoms with Crippen LogP contribution in [0.3, 0.4) is 0 Å². The molecule has 0 spiro atoms. The van der Waals surface area contributed by atoms with Crippen molar-refractivity contribution in [1.29, 1.82) is 0 Å². The van der Waals surface area contributed by atoms with Crippen LogP contribution in [0, 0.1) is 0 Å². The van der Waals surface area contributed by atoms with E-state index in [1.54, 1.807) is 14.2 Å². The van der Waals surface area contributed by atoms with Gasteiger partial charge in [0.25, 0.3) is 0 Å². The summed E-state index contributed by atoms with van der Waals surface area (Å²) in [6.07, 6.45) is 1.66. The fourth-order valence-electron chi connectivity index (χ4n) is 2.74. The van der Waals surface area contributed by atoms with E-state index in [9.17, 15) is 0 Å². The van der Waals surface area contributed by atoms with Gasteiger partial charge in [-0.25, -0.2) is 0 Å². The molecule has 1 atom stereocenters. The zero-order valence-electron chi connectivity index (χ0n) is 14.4. The zero-order chi connectivity index (χ0) is 17.5. The van der Waals surface area contributed by atoms with Crippen molar-refractivity contribution in [2.24, 2.45) is 4.99 Å². The third-order valence-corrected chi connectivity index (χ3v) is 4.01. The lowest BCUT2D eigenvalue weighted by Crippen LogP contribution is -2.04. The number of aliphatic imine (C=N–C) groups is 1. The van der Waals surface area contributed by atoms with Gasteiger partial charge in [0.15, 0.2) is 0 Å². The van der Waals surface area contributed by atoms with Crippen LogP contribution in [0.5, 0.6) is 5.75 Å². The quantitative estimate of drug-likeness (QED) is 0.583. The molecular formula is C22H21NO2. The van der Waals surface area contributed by atoms with Crippen molar-refractivity contribution in [2.75, 3.05) is 14.2 Å². The predicted molar refractivity (Wildman–Crippen MR) is 102 cm³/mol. The molecule has 1 unspecified atom stereocenters. The average molecular weight is 331 g/mol. The highest BCUT2D eigenvalue weighted by Gasteiger charge is 2.17. The first kappa shape index (κ1) is 16.9. The summed E-state index contributed by atoms with van der Waals surface area (Å²) in [5, 5.41) is 0. The van der Waals surface area contributed by atoms with E-state index in [0.717, 1.165) is 28.1 Å². The van der Waals surface area contributed by atoms with E-state index in [-0.39, 0.29) is 6.10 Å². The minimum Gasteiger partial charge on any atom is -0.497 e. The molecule has 0 heterocycles. The smallest absolute Gasteiger partial charge is 0.119 e. The zero-order valence-corrected chi connectivity index (χ0v) is 14.4. The number of methoxy groups -OCH3 is 2. The highest BCUT2D eigenvalue weighted by atomic mass is 16.5. The Morgan fingerprint density at radius 1 is 0.840 bits per heavy atom. The molecule has 0 saturated heterocycles. The summed E-state index contributed by atoms with van der Waals surface area (Å²) in [7, 11) is 3.37. The van der Waals surface area contributed by atoms with E-state index in [2.05, 4.69) is 17.1 Å². The Morgan fingerprint density at radius 2 is 1.52 bits per heavy atom. The monoisotopic (exact) mass is 331 g/mol. The number of ether oxygens (including phenoxy) is 2. The number of rotatable bonds is 6. The number of nitrogens with zero attached hydrogens (tertiary/aromatic N) is 1. The molecule has 0 amide bonds. The van der Waals surface area contributed by atoms with Gasteiger partial charge in [-0.2, -0.15) is 0 Å². The Kier molecular flexibility index (Phi) is 5.60. The lowest BCUT2D eigenvalue weighted by molar-refractivity contribution is 0.136. The summed E-state index contributed by atoms with van der Waals surface area (Å²) in [6.45, 7) is 0. The lowest BCUT2D eigenvalue weighted by atomic mass is 9.99. The third kappa shape index (κ3) is 4.14. The van der Waals surface area contributed by atoms with Crippen LogP contribution >= 0.6 is 0 Å². The van der Waals surface area contributed by atoms with Crippen LogP contribution in [0.1, 0.15) is 22.8 Å². The number of benzene rings is 3. The summed E-state index contributed by atoms with van der Waals surface area (Å²) >= 11 is 0. The van der Waals surface area contributed by atoms with Crippen LogP contribution in [0.25, 0.3) is 0 Å². The number of hydrogen-bond donors (Lipinski definition) is 0. The van der Waals surface area contributed by atoms with Crippen LogP contribution < -0.4 is 4.74 Å². The van der Waals surface area contributed by atoms with E-state index in [1.165, 1.54) is 0 Å². The van der Waals surface area contributed by atoms with E-state index < -0.39 is 0 Å². The average Bonchev–Trinajstić information content (AvgIpc) is 2.69. The Hall–Kier alpha value is -2.91. The molecule has 0 saturated carbocycles. The largest absolute Gasteiger partial charge is 0.497 e. The van der Waals surface area contributed by atoms with E-state index in [1.807, 2.05) is 72.9 Å². The highest BCUT2D eigenvalue weighted by Crippen LogP contribution is 2.35. The first-order chi connectivity index (χ1) is 12.3. The fourth-order valence-corrected chi connectivity index (χ4v) is 2.74.